The highest BCUT2D eigenvalue weighted by molar-refractivity contribution is 5.66. The number of rotatable bonds is 8. The van der Waals surface area contributed by atoms with E-state index in [1.165, 1.54) is 0 Å². The van der Waals surface area contributed by atoms with Gasteiger partial charge in [0.05, 0.1) is 0 Å². The number of hydrogen-bond donors (Lipinski definition) is 1. The fraction of sp³-hybridized carbons (Fsp3) is 0.222. The van der Waals surface area contributed by atoms with Crippen molar-refractivity contribution in [3.8, 4) is 5.75 Å². The van der Waals surface area contributed by atoms with Crippen LogP contribution >= 0.6 is 0 Å². The average molecular weight is 297 g/mol. The van der Waals surface area contributed by atoms with Gasteiger partial charge in [-0.2, -0.15) is 0 Å². The molecular weight excluding hydrogens is 278 g/mol. The number of benzene rings is 1. The van der Waals surface area contributed by atoms with Crippen molar-refractivity contribution < 1.29 is 14.6 Å². The predicted octanol–water partition coefficient (Wildman–Crippen LogP) is 3.93. The Bertz CT molecular complexity index is 623. The van der Waals surface area contributed by atoms with E-state index < -0.39 is 5.97 Å². The fourth-order valence-electron chi connectivity index (χ4n) is 1.95. The van der Waals surface area contributed by atoms with E-state index in [1.807, 2.05) is 48.6 Å². The first-order chi connectivity index (χ1) is 10.7. The van der Waals surface area contributed by atoms with E-state index in [0.29, 0.717) is 13.0 Å². The number of aromatic nitrogens is 1. The Morgan fingerprint density at radius 2 is 2.18 bits per heavy atom. The Kier molecular flexibility index (Phi) is 6.18. The number of ether oxygens (including phenoxy) is 1. The van der Waals surface area contributed by atoms with Crippen molar-refractivity contribution in [1.82, 2.24) is 4.98 Å². The zero-order valence-electron chi connectivity index (χ0n) is 12.3. The van der Waals surface area contributed by atoms with Gasteiger partial charge in [-0.15, -0.1) is 0 Å². The quantitative estimate of drug-likeness (QED) is 0.750. The largest absolute Gasteiger partial charge is 0.489 e. The third-order valence-corrected chi connectivity index (χ3v) is 3.06. The number of carboxylic acid groups (broad SMARTS) is 1. The van der Waals surface area contributed by atoms with E-state index in [1.54, 1.807) is 12.4 Å². The van der Waals surface area contributed by atoms with Crippen molar-refractivity contribution in [2.24, 2.45) is 0 Å². The van der Waals surface area contributed by atoms with Crippen LogP contribution in [-0.2, 0) is 11.4 Å². The van der Waals surface area contributed by atoms with Gasteiger partial charge >= 0.3 is 5.97 Å². The molecule has 0 unspecified atom stereocenters. The normalized spacial score (nSPS) is 10.7. The zero-order valence-corrected chi connectivity index (χ0v) is 12.3. The summed E-state index contributed by atoms with van der Waals surface area (Å²) >= 11 is 0. The monoisotopic (exact) mass is 297 g/mol. The van der Waals surface area contributed by atoms with Gasteiger partial charge in [-0.3, -0.25) is 9.78 Å². The van der Waals surface area contributed by atoms with Crippen molar-refractivity contribution in [3.05, 3.63) is 66.0 Å². The van der Waals surface area contributed by atoms with Crippen molar-refractivity contribution in [2.45, 2.75) is 25.9 Å². The molecule has 0 amide bonds. The Morgan fingerprint density at radius 3 is 2.95 bits per heavy atom. The minimum Gasteiger partial charge on any atom is -0.489 e. The second-order valence-corrected chi connectivity index (χ2v) is 4.91. The van der Waals surface area contributed by atoms with E-state index in [2.05, 4.69) is 4.98 Å². The number of aliphatic carboxylic acids is 1. The molecule has 1 heterocycles. The molecule has 4 heteroatoms. The van der Waals surface area contributed by atoms with Gasteiger partial charge in [-0.25, -0.2) is 0 Å². The molecule has 0 atom stereocenters. The number of allylic oxidation sites excluding steroid dienone is 1. The van der Waals surface area contributed by atoms with Crippen LogP contribution in [0.5, 0.6) is 5.75 Å². The minimum absolute atomic E-state index is 0.207. The Labute approximate surface area is 130 Å². The average Bonchev–Trinajstić information content (AvgIpc) is 2.54. The molecule has 0 aliphatic rings. The van der Waals surface area contributed by atoms with Gasteiger partial charge in [0.2, 0.25) is 0 Å². The third kappa shape index (κ3) is 5.79. The maximum atomic E-state index is 10.4. The predicted molar refractivity (Wildman–Crippen MR) is 85.5 cm³/mol. The van der Waals surface area contributed by atoms with E-state index >= 15 is 0 Å². The number of hydrogen-bond acceptors (Lipinski definition) is 3. The second-order valence-electron chi connectivity index (χ2n) is 4.91. The smallest absolute Gasteiger partial charge is 0.303 e. The highest BCUT2D eigenvalue weighted by Gasteiger charge is 1.97. The lowest BCUT2D eigenvalue weighted by Crippen LogP contribution is -1.95. The molecule has 0 spiro atoms. The first-order valence-electron chi connectivity index (χ1n) is 7.24. The van der Waals surface area contributed by atoms with Crippen LogP contribution in [0.3, 0.4) is 0 Å². The first kappa shape index (κ1) is 15.8. The van der Waals surface area contributed by atoms with Gasteiger partial charge in [0.1, 0.15) is 12.4 Å². The lowest BCUT2D eigenvalue weighted by Gasteiger charge is -2.06. The van der Waals surface area contributed by atoms with Gasteiger partial charge in [-0.1, -0.05) is 30.4 Å². The van der Waals surface area contributed by atoms with Crippen LogP contribution in [0.2, 0.25) is 0 Å². The Hall–Kier alpha value is -2.62. The van der Waals surface area contributed by atoms with Gasteiger partial charge in [0, 0.05) is 24.4 Å². The molecule has 2 rings (SSSR count). The Balaban J connectivity index is 1.84. The number of carboxylic acids is 1. The molecule has 1 N–H and O–H groups in total. The van der Waals surface area contributed by atoms with Gasteiger partial charge in [0.25, 0.3) is 0 Å². The molecule has 22 heavy (non-hydrogen) atoms. The third-order valence-electron chi connectivity index (χ3n) is 3.06. The molecule has 0 bridgehead atoms. The van der Waals surface area contributed by atoms with E-state index in [-0.39, 0.29) is 6.42 Å². The van der Waals surface area contributed by atoms with Crippen LogP contribution in [0.25, 0.3) is 6.08 Å². The number of pyridine rings is 1. The van der Waals surface area contributed by atoms with Crippen LogP contribution in [0.15, 0.2) is 54.9 Å². The van der Waals surface area contributed by atoms with E-state index in [9.17, 15) is 4.79 Å². The van der Waals surface area contributed by atoms with Gasteiger partial charge in [-0.05, 0) is 36.6 Å². The zero-order chi connectivity index (χ0) is 15.6. The molecular formula is C18H19NO3. The van der Waals surface area contributed by atoms with E-state index in [4.69, 9.17) is 9.84 Å². The summed E-state index contributed by atoms with van der Waals surface area (Å²) < 4.78 is 5.74. The maximum Gasteiger partial charge on any atom is 0.303 e. The number of unbranched alkanes of at least 4 members (excludes halogenated alkanes) is 1. The summed E-state index contributed by atoms with van der Waals surface area (Å²) in [5.41, 5.74) is 2.07. The standard InChI is InChI=1S/C18H19NO3/c20-18(21)10-3-1-2-6-15-7-4-9-17(12-15)22-14-16-8-5-11-19-13-16/h2,4-9,11-13H,1,3,10,14H2,(H,20,21)/b6-2+. The van der Waals surface area contributed by atoms with Crippen LogP contribution < -0.4 is 4.74 Å². The van der Waals surface area contributed by atoms with Crippen LogP contribution in [0, 0.1) is 0 Å². The highest BCUT2D eigenvalue weighted by Crippen LogP contribution is 2.16. The summed E-state index contributed by atoms with van der Waals surface area (Å²) in [6.45, 7) is 0.486. The fourth-order valence-corrected chi connectivity index (χ4v) is 1.95. The summed E-state index contributed by atoms with van der Waals surface area (Å²) in [5.74, 6) is 0.0516. The molecule has 4 nitrogen and oxygen atoms in total. The number of nitrogens with zero attached hydrogens (tertiary/aromatic N) is 1. The van der Waals surface area contributed by atoms with Crippen LogP contribution in [0.1, 0.15) is 30.4 Å². The molecule has 1 aromatic heterocycles. The van der Waals surface area contributed by atoms with E-state index in [0.717, 1.165) is 23.3 Å². The number of carbonyl (C=O) groups is 1. The minimum atomic E-state index is -0.751. The maximum absolute atomic E-state index is 10.4. The summed E-state index contributed by atoms with van der Waals surface area (Å²) in [7, 11) is 0. The molecule has 0 fully saturated rings. The lowest BCUT2D eigenvalue weighted by atomic mass is 10.1. The van der Waals surface area contributed by atoms with Crippen LogP contribution in [0.4, 0.5) is 0 Å². The summed E-state index contributed by atoms with van der Waals surface area (Å²) in [4.78, 5) is 14.5. The molecule has 114 valence electrons. The van der Waals surface area contributed by atoms with Crippen molar-refractivity contribution in [1.29, 1.82) is 0 Å². The molecule has 0 saturated heterocycles. The topological polar surface area (TPSA) is 59.4 Å². The lowest BCUT2D eigenvalue weighted by molar-refractivity contribution is -0.137. The molecule has 0 saturated carbocycles. The summed E-state index contributed by atoms with van der Waals surface area (Å²) in [5, 5.41) is 8.57. The molecule has 1 aromatic carbocycles. The highest BCUT2D eigenvalue weighted by atomic mass is 16.5. The SMILES string of the molecule is O=C(O)CCC/C=C/c1cccc(OCc2cccnc2)c1. The first-order valence-corrected chi connectivity index (χ1v) is 7.24. The molecule has 0 aliphatic heterocycles. The summed E-state index contributed by atoms with van der Waals surface area (Å²) in [6.07, 6.45) is 9.11. The summed E-state index contributed by atoms with van der Waals surface area (Å²) in [6, 6.07) is 11.7. The molecule has 2 aromatic rings. The molecule has 0 aliphatic carbocycles. The molecule has 0 radical (unpaired) electrons. The van der Waals surface area contributed by atoms with Gasteiger partial charge < -0.3 is 9.84 Å². The van der Waals surface area contributed by atoms with Crippen molar-refractivity contribution in [3.63, 3.8) is 0 Å². The van der Waals surface area contributed by atoms with Crippen LogP contribution in [-0.4, -0.2) is 16.1 Å². The van der Waals surface area contributed by atoms with Crippen molar-refractivity contribution >= 4 is 12.0 Å². The Morgan fingerprint density at radius 1 is 1.27 bits per heavy atom. The van der Waals surface area contributed by atoms with Gasteiger partial charge in [0.15, 0.2) is 0 Å². The van der Waals surface area contributed by atoms with Crippen molar-refractivity contribution in [2.75, 3.05) is 0 Å². The second kappa shape index (κ2) is 8.62.